The highest BCUT2D eigenvalue weighted by atomic mass is 16.6. The van der Waals surface area contributed by atoms with Crippen LogP contribution in [-0.4, -0.2) is 18.5 Å². The van der Waals surface area contributed by atoms with Gasteiger partial charge in [-0.2, -0.15) is 0 Å². The first-order chi connectivity index (χ1) is 9.10. The smallest absolute Gasteiger partial charge is 0.335 e. The van der Waals surface area contributed by atoms with Crippen LogP contribution in [0.3, 0.4) is 0 Å². The summed E-state index contributed by atoms with van der Waals surface area (Å²) in [4.78, 5) is 22.2. The molecule has 100 valence electrons. The Kier molecular flexibility index (Phi) is 5.35. The largest absolute Gasteiger partial charge is 0.490 e. The molecule has 0 spiro atoms. The Labute approximate surface area is 111 Å². The third kappa shape index (κ3) is 4.31. The van der Waals surface area contributed by atoms with E-state index in [0.717, 1.165) is 12.2 Å². The first-order valence-corrected chi connectivity index (χ1v) is 5.56. The second-order valence-corrected chi connectivity index (χ2v) is 3.29. The van der Waals surface area contributed by atoms with Gasteiger partial charge in [0.2, 0.25) is 0 Å². The van der Waals surface area contributed by atoms with Crippen LogP contribution in [0.4, 0.5) is 0 Å². The maximum atomic E-state index is 11.2. The zero-order valence-corrected chi connectivity index (χ0v) is 10.5. The lowest BCUT2D eigenvalue weighted by Gasteiger charge is -2.11. The van der Waals surface area contributed by atoms with Crippen molar-refractivity contribution in [3.63, 3.8) is 0 Å². The highest BCUT2D eigenvalue weighted by Gasteiger charge is 2.11. The van der Waals surface area contributed by atoms with Crippen LogP contribution in [0.25, 0.3) is 0 Å². The van der Waals surface area contributed by atoms with E-state index in [2.05, 4.69) is 13.2 Å². The van der Waals surface area contributed by atoms with Crippen LogP contribution in [0.15, 0.2) is 43.5 Å². The van der Waals surface area contributed by atoms with Crippen LogP contribution >= 0.6 is 0 Å². The van der Waals surface area contributed by atoms with Crippen molar-refractivity contribution < 1.29 is 23.8 Å². The molecule has 0 aliphatic heterocycles. The Hall–Kier alpha value is -2.56. The van der Waals surface area contributed by atoms with Gasteiger partial charge in [-0.3, -0.25) is 0 Å². The number of esters is 2. The fourth-order valence-electron chi connectivity index (χ4n) is 1.21. The van der Waals surface area contributed by atoms with E-state index in [1.54, 1.807) is 6.92 Å². The van der Waals surface area contributed by atoms with Crippen molar-refractivity contribution in [2.45, 2.75) is 6.92 Å². The number of hydrogen-bond acceptors (Lipinski definition) is 5. The summed E-state index contributed by atoms with van der Waals surface area (Å²) in [6, 6.07) is 4.41. The van der Waals surface area contributed by atoms with Gasteiger partial charge < -0.3 is 14.2 Å². The Morgan fingerprint density at radius 3 is 2.32 bits per heavy atom. The van der Waals surface area contributed by atoms with Crippen LogP contribution in [0.1, 0.15) is 6.92 Å². The van der Waals surface area contributed by atoms with Crippen LogP contribution in [0.2, 0.25) is 0 Å². The lowest BCUT2D eigenvalue weighted by atomic mass is 10.3. The van der Waals surface area contributed by atoms with Crippen molar-refractivity contribution in [2.24, 2.45) is 0 Å². The summed E-state index contributed by atoms with van der Waals surface area (Å²) in [6.07, 6.45) is 2.09. The third-order valence-corrected chi connectivity index (χ3v) is 1.98. The molecule has 1 aromatic rings. The van der Waals surface area contributed by atoms with Crippen LogP contribution in [-0.2, 0) is 9.59 Å². The maximum Gasteiger partial charge on any atom is 0.335 e. The minimum absolute atomic E-state index is 0.227. The van der Waals surface area contributed by atoms with E-state index >= 15 is 0 Å². The molecule has 0 bridgehead atoms. The standard InChI is InChI=1S/C14H14O5/c1-4-13(15)18-10-7-8-11(19-14(16)5-2)12(9-10)17-6-3/h4-5,7-9H,1-2,6H2,3H3. The van der Waals surface area contributed by atoms with Crippen LogP contribution in [0.5, 0.6) is 17.2 Å². The van der Waals surface area contributed by atoms with Gasteiger partial charge in [0.1, 0.15) is 5.75 Å². The summed E-state index contributed by atoms with van der Waals surface area (Å²) < 4.78 is 15.2. The fourth-order valence-corrected chi connectivity index (χ4v) is 1.21. The molecule has 0 saturated carbocycles. The Morgan fingerprint density at radius 1 is 1.11 bits per heavy atom. The summed E-state index contributed by atoms with van der Waals surface area (Å²) in [5.41, 5.74) is 0. The highest BCUT2D eigenvalue weighted by molar-refractivity contribution is 5.84. The molecule has 5 heteroatoms. The van der Waals surface area contributed by atoms with Gasteiger partial charge in [0.05, 0.1) is 6.61 Å². The van der Waals surface area contributed by atoms with Crippen LogP contribution in [0, 0.1) is 0 Å². The number of hydrogen-bond donors (Lipinski definition) is 0. The normalized spacial score (nSPS) is 9.32. The molecule has 0 fully saturated rings. The number of ether oxygens (including phenoxy) is 3. The minimum atomic E-state index is -0.600. The topological polar surface area (TPSA) is 61.8 Å². The minimum Gasteiger partial charge on any atom is -0.490 e. The van der Waals surface area contributed by atoms with Crippen molar-refractivity contribution in [2.75, 3.05) is 6.61 Å². The average molecular weight is 262 g/mol. The summed E-state index contributed by atoms with van der Waals surface area (Å²) in [7, 11) is 0. The van der Waals surface area contributed by atoms with Gasteiger partial charge in [-0.05, 0) is 19.1 Å². The van der Waals surface area contributed by atoms with Crippen molar-refractivity contribution in [1.29, 1.82) is 0 Å². The summed E-state index contributed by atoms with van der Waals surface area (Å²) in [5.74, 6) is -0.390. The van der Waals surface area contributed by atoms with E-state index in [4.69, 9.17) is 14.2 Å². The van der Waals surface area contributed by atoms with Crippen molar-refractivity contribution in [3.8, 4) is 17.2 Å². The van der Waals surface area contributed by atoms with Gasteiger partial charge in [-0.25, -0.2) is 9.59 Å². The van der Waals surface area contributed by atoms with Gasteiger partial charge >= 0.3 is 11.9 Å². The molecule has 0 N–H and O–H groups in total. The SMILES string of the molecule is C=CC(=O)Oc1ccc(OC(=O)C=C)c(OCC)c1. The lowest BCUT2D eigenvalue weighted by molar-refractivity contribution is -0.130. The second kappa shape index (κ2) is 7.00. The van der Waals surface area contributed by atoms with E-state index in [1.165, 1.54) is 18.2 Å². The third-order valence-electron chi connectivity index (χ3n) is 1.98. The molecule has 0 aliphatic carbocycles. The van der Waals surface area contributed by atoms with E-state index in [-0.39, 0.29) is 11.5 Å². The van der Waals surface area contributed by atoms with Crippen molar-refractivity contribution in [3.05, 3.63) is 43.5 Å². The average Bonchev–Trinajstić information content (AvgIpc) is 2.41. The zero-order valence-electron chi connectivity index (χ0n) is 10.5. The first kappa shape index (κ1) is 14.5. The molecule has 0 amide bonds. The molecule has 0 radical (unpaired) electrons. The Balaban J connectivity index is 2.99. The predicted octanol–water partition coefficient (Wildman–Crippen LogP) is 2.27. The lowest BCUT2D eigenvalue weighted by Crippen LogP contribution is -2.07. The molecule has 19 heavy (non-hydrogen) atoms. The van der Waals surface area contributed by atoms with Gasteiger partial charge in [-0.15, -0.1) is 0 Å². The molecule has 0 heterocycles. The predicted molar refractivity (Wildman–Crippen MR) is 69.3 cm³/mol. The summed E-state index contributed by atoms with van der Waals surface area (Å²) >= 11 is 0. The monoisotopic (exact) mass is 262 g/mol. The maximum absolute atomic E-state index is 11.2. The molecule has 0 aliphatic rings. The van der Waals surface area contributed by atoms with Gasteiger partial charge in [0.25, 0.3) is 0 Å². The number of rotatable bonds is 6. The second-order valence-electron chi connectivity index (χ2n) is 3.29. The molecule has 5 nitrogen and oxygen atoms in total. The van der Waals surface area contributed by atoms with E-state index < -0.39 is 11.9 Å². The van der Waals surface area contributed by atoms with Gasteiger partial charge in [-0.1, -0.05) is 13.2 Å². The van der Waals surface area contributed by atoms with Crippen molar-refractivity contribution >= 4 is 11.9 Å². The number of carbonyl (C=O) groups is 2. The molecular formula is C14H14O5. The van der Waals surface area contributed by atoms with Gasteiger partial charge in [0, 0.05) is 18.2 Å². The number of benzene rings is 1. The molecule has 0 aromatic heterocycles. The molecule has 1 rings (SSSR count). The Bertz CT molecular complexity index is 505. The first-order valence-electron chi connectivity index (χ1n) is 5.56. The zero-order chi connectivity index (χ0) is 14.3. The quantitative estimate of drug-likeness (QED) is 0.447. The fraction of sp³-hybridized carbons (Fsp3) is 0.143. The Morgan fingerprint density at radius 2 is 1.74 bits per heavy atom. The summed E-state index contributed by atoms with van der Waals surface area (Å²) in [6.45, 7) is 8.75. The number of carbonyl (C=O) groups excluding carboxylic acids is 2. The van der Waals surface area contributed by atoms with Crippen LogP contribution < -0.4 is 14.2 Å². The molecule has 0 saturated heterocycles. The molecule has 0 atom stereocenters. The van der Waals surface area contributed by atoms with E-state index in [0.29, 0.717) is 12.4 Å². The van der Waals surface area contributed by atoms with E-state index in [9.17, 15) is 9.59 Å². The van der Waals surface area contributed by atoms with Gasteiger partial charge in [0.15, 0.2) is 11.5 Å². The molecular weight excluding hydrogens is 248 g/mol. The van der Waals surface area contributed by atoms with E-state index in [1.807, 2.05) is 0 Å². The summed E-state index contributed by atoms with van der Waals surface area (Å²) in [5, 5.41) is 0. The van der Waals surface area contributed by atoms with Crippen molar-refractivity contribution in [1.82, 2.24) is 0 Å². The highest BCUT2D eigenvalue weighted by Crippen LogP contribution is 2.31. The molecule has 0 unspecified atom stereocenters. The molecule has 1 aromatic carbocycles.